The van der Waals surface area contributed by atoms with Crippen LogP contribution in [0.25, 0.3) is 0 Å². The van der Waals surface area contributed by atoms with Crippen LogP contribution in [-0.4, -0.2) is 22.7 Å². The van der Waals surface area contributed by atoms with Crippen LogP contribution in [0.15, 0.2) is 0 Å². The molecule has 2 rings (SSSR count). The Morgan fingerprint density at radius 1 is 1.29 bits per heavy atom. The lowest BCUT2D eigenvalue weighted by molar-refractivity contribution is -0.146. The van der Waals surface area contributed by atoms with E-state index in [2.05, 4.69) is 12.2 Å². The van der Waals surface area contributed by atoms with Crippen LogP contribution < -0.4 is 5.32 Å². The Hall–Kier alpha value is -0.570. The van der Waals surface area contributed by atoms with E-state index in [9.17, 15) is 9.90 Å². The van der Waals surface area contributed by atoms with Gasteiger partial charge in [-0.05, 0) is 44.4 Å². The molecular formula is C11H19NO2. The van der Waals surface area contributed by atoms with E-state index in [1.165, 1.54) is 0 Å². The van der Waals surface area contributed by atoms with Crippen molar-refractivity contribution in [2.75, 3.05) is 0 Å². The molecule has 2 N–H and O–H groups in total. The highest BCUT2D eigenvalue weighted by Crippen LogP contribution is 2.35. The average Bonchev–Trinajstić information content (AvgIpc) is 2.93. The molecule has 0 aromatic heterocycles. The molecule has 0 spiro atoms. The summed E-state index contributed by atoms with van der Waals surface area (Å²) in [4.78, 5) is 11.3. The molecule has 0 atom stereocenters. The first kappa shape index (κ1) is 9.97. The third-order valence-electron chi connectivity index (χ3n) is 3.59. The van der Waals surface area contributed by atoms with E-state index in [0.29, 0.717) is 12.0 Å². The second kappa shape index (κ2) is 3.54. The van der Waals surface area contributed by atoms with E-state index in [1.807, 2.05) is 0 Å². The van der Waals surface area contributed by atoms with Crippen molar-refractivity contribution in [2.24, 2.45) is 5.92 Å². The van der Waals surface area contributed by atoms with Crippen molar-refractivity contribution >= 4 is 5.97 Å². The van der Waals surface area contributed by atoms with Crippen LogP contribution in [0.1, 0.15) is 45.4 Å². The first-order chi connectivity index (χ1) is 6.62. The van der Waals surface area contributed by atoms with Gasteiger partial charge in [0.25, 0.3) is 0 Å². The summed E-state index contributed by atoms with van der Waals surface area (Å²) in [6.07, 6.45) is 6.02. The molecule has 2 aliphatic carbocycles. The highest BCUT2D eigenvalue weighted by Gasteiger charge is 2.44. The van der Waals surface area contributed by atoms with Crippen molar-refractivity contribution in [3.05, 3.63) is 0 Å². The molecule has 14 heavy (non-hydrogen) atoms. The summed E-state index contributed by atoms with van der Waals surface area (Å²) >= 11 is 0. The van der Waals surface area contributed by atoms with Gasteiger partial charge in [-0.3, -0.25) is 10.1 Å². The van der Waals surface area contributed by atoms with Crippen LogP contribution in [0, 0.1) is 5.92 Å². The van der Waals surface area contributed by atoms with Crippen molar-refractivity contribution in [1.82, 2.24) is 5.32 Å². The zero-order chi connectivity index (χ0) is 10.2. The van der Waals surface area contributed by atoms with Crippen molar-refractivity contribution in [2.45, 2.75) is 57.0 Å². The number of carboxylic acid groups (broad SMARTS) is 1. The minimum atomic E-state index is -0.642. The molecular weight excluding hydrogens is 178 g/mol. The maximum atomic E-state index is 11.3. The van der Waals surface area contributed by atoms with Gasteiger partial charge >= 0.3 is 5.97 Å². The van der Waals surface area contributed by atoms with Gasteiger partial charge in [-0.15, -0.1) is 0 Å². The Balaban J connectivity index is 2.01. The Bertz CT molecular complexity index is 227. The van der Waals surface area contributed by atoms with E-state index in [1.54, 1.807) is 0 Å². The fraction of sp³-hybridized carbons (Fsp3) is 0.909. The summed E-state index contributed by atoms with van der Waals surface area (Å²) in [6, 6.07) is 0.486. The highest BCUT2D eigenvalue weighted by molar-refractivity contribution is 5.79. The van der Waals surface area contributed by atoms with Gasteiger partial charge in [0, 0.05) is 6.04 Å². The quantitative estimate of drug-likeness (QED) is 0.725. The monoisotopic (exact) mass is 197 g/mol. The van der Waals surface area contributed by atoms with Crippen molar-refractivity contribution in [3.8, 4) is 0 Å². The maximum absolute atomic E-state index is 11.3. The lowest BCUT2D eigenvalue weighted by Gasteiger charge is -2.36. The molecule has 0 aromatic rings. The molecule has 0 unspecified atom stereocenters. The van der Waals surface area contributed by atoms with E-state index in [-0.39, 0.29) is 0 Å². The Labute approximate surface area is 84.9 Å². The maximum Gasteiger partial charge on any atom is 0.323 e. The number of carbonyl (C=O) groups is 1. The van der Waals surface area contributed by atoms with Crippen LogP contribution in [0.4, 0.5) is 0 Å². The summed E-state index contributed by atoms with van der Waals surface area (Å²) in [5, 5.41) is 12.6. The van der Waals surface area contributed by atoms with Crippen LogP contribution in [-0.2, 0) is 4.79 Å². The second-order valence-corrected chi connectivity index (χ2v) is 4.99. The van der Waals surface area contributed by atoms with Crippen LogP contribution >= 0.6 is 0 Å². The highest BCUT2D eigenvalue weighted by atomic mass is 16.4. The molecule has 0 aromatic carbocycles. The molecule has 0 amide bonds. The van der Waals surface area contributed by atoms with Gasteiger partial charge < -0.3 is 5.11 Å². The third kappa shape index (κ3) is 1.92. The standard InChI is InChI=1S/C11H19NO2/c1-8-4-6-11(7-5-8,10(13)14)12-9-2-3-9/h8-9,12H,2-7H2,1H3,(H,13,14). The summed E-state index contributed by atoms with van der Waals surface area (Å²) < 4.78 is 0. The van der Waals surface area contributed by atoms with Gasteiger partial charge in [0.15, 0.2) is 0 Å². The topological polar surface area (TPSA) is 49.3 Å². The molecule has 80 valence electrons. The van der Waals surface area contributed by atoms with Crippen molar-refractivity contribution in [1.29, 1.82) is 0 Å². The normalized spacial score (nSPS) is 38.2. The molecule has 2 saturated carbocycles. The molecule has 0 radical (unpaired) electrons. The van der Waals surface area contributed by atoms with E-state index < -0.39 is 11.5 Å². The molecule has 0 heterocycles. The van der Waals surface area contributed by atoms with E-state index in [4.69, 9.17) is 0 Å². The molecule has 3 nitrogen and oxygen atoms in total. The SMILES string of the molecule is CC1CCC(NC2CC2)(C(=O)O)CC1. The number of hydrogen-bond donors (Lipinski definition) is 2. The predicted octanol–water partition coefficient (Wildman–Crippen LogP) is 1.77. The summed E-state index contributed by atoms with van der Waals surface area (Å²) in [6.45, 7) is 2.21. The van der Waals surface area contributed by atoms with Gasteiger partial charge in [0.2, 0.25) is 0 Å². The van der Waals surface area contributed by atoms with Crippen molar-refractivity contribution < 1.29 is 9.90 Å². The lowest BCUT2D eigenvalue weighted by atomic mass is 9.77. The number of rotatable bonds is 3. The molecule has 0 aliphatic heterocycles. The first-order valence-corrected chi connectivity index (χ1v) is 5.63. The van der Waals surface area contributed by atoms with Crippen molar-refractivity contribution in [3.63, 3.8) is 0 Å². The average molecular weight is 197 g/mol. The van der Waals surface area contributed by atoms with E-state index >= 15 is 0 Å². The minimum absolute atomic E-state index is 0.486. The second-order valence-electron chi connectivity index (χ2n) is 4.99. The number of aliphatic carboxylic acids is 1. The Morgan fingerprint density at radius 2 is 1.86 bits per heavy atom. The Morgan fingerprint density at radius 3 is 2.29 bits per heavy atom. The first-order valence-electron chi connectivity index (χ1n) is 5.63. The number of hydrogen-bond acceptors (Lipinski definition) is 2. The molecule has 0 bridgehead atoms. The summed E-state index contributed by atoms with van der Waals surface area (Å²) in [5.41, 5.74) is -0.590. The molecule has 0 saturated heterocycles. The molecule has 3 heteroatoms. The van der Waals surface area contributed by atoms with Crippen LogP contribution in [0.2, 0.25) is 0 Å². The van der Waals surface area contributed by atoms with Gasteiger partial charge in [-0.25, -0.2) is 0 Å². The zero-order valence-corrected chi connectivity index (χ0v) is 8.75. The molecule has 2 fully saturated rings. The summed E-state index contributed by atoms with van der Waals surface area (Å²) in [7, 11) is 0. The largest absolute Gasteiger partial charge is 0.480 e. The third-order valence-corrected chi connectivity index (χ3v) is 3.59. The predicted molar refractivity (Wildman–Crippen MR) is 54.2 cm³/mol. The van der Waals surface area contributed by atoms with Gasteiger partial charge in [0.05, 0.1) is 0 Å². The smallest absolute Gasteiger partial charge is 0.323 e. The zero-order valence-electron chi connectivity index (χ0n) is 8.75. The van der Waals surface area contributed by atoms with E-state index in [0.717, 1.165) is 38.5 Å². The Kier molecular flexibility index (Phi) is 2.52. The van der Waals surface area contributed by atoms with Gasteiger partial charge in [-0.1, -0.05) is 6.92 Å². The van der Waals surface area contributed by atoms with Crippen LogP contribution in [0.5, 0.6) is 0 Å². The van der Waals surface area contributed by atoms with Crippen LogP contribution in [0.3, 0.4) is 0 Å². The lowest BCUT2D eigenvalue weighted by Crippen LogP contribution is -2.54. The molecule has 2 aliphatic rings. The minimum Gasteiger partial charge on any atom is -0.480 e. The number of nitrogens with one attached hydrogen (secondary N) is 1. The fourth-order valence-electron chi connectivity index (χ4n) is 2.29. The number of carboxylic acids is 1. The fourth-order valence-corrected chi connectivity index (χ4v) is 2.29. The van der Waals surface area contributed by atoms with Gasteiger partial charge in [-0.2, -0.15) is 0 Å². The summed E-state index contributed by atoms with van der Waals surface area (Å²) in [5.74, 6) is 0.0554. The van der Waals surface area contributed by atoms with Gasteiger partial charge in [0.1, 0.15) is 5.54 Å².